The second-order valence-corrected chi connectivity index (χ2v) is 19.1. The van der Waals surface area contributed by atoms with E-state index in [9.17, 15) is 0 Å². The van der Waals surface area contributed by atoms with Crippen LogP contribution in [-0.4, -0.2) is 40.5 Å². The van der Waals surface area contributed by atoms with Crippen molar-refractivity contribution in [3.63, 3.8) is 0 Å². The number of allylic oxidation sites excluding steroid dienone is 1. The molecule has 0 heterocycles. The molecule has 0 radical (unpaired) electrons. The lowest BCUT2D eigenvalue weighted by atomic mass is 9.93. The lowest BCUT2D eigenvalue weighted by molar-refractivity contribution is 0.483. The smallest absolute Gasteiger partial charge is 0.0311 e. The third-order valence-corrected chi connectivity index (χ3v) is 17.4. The third kappa shape index (κ3) is 8.79. The predicted molar refractivity (Wildman–Crippen MR) is 162 cm³/mol. The molecule has 4 saturated carbocycles. The van der Waals surface area contributed by atoms with Crippen LogP contribution in [0.5, 0.6) is 0 Å². The number of rotatable bonds is 10. The Bertz CT molecular complexity index is 578. The van der Waals surface area contributed by atoms with Crippen LogP contribution in [0.4, 0.5) is 0 Å². The van der Waals surface area contributed by atoms with E-state index >= 15 is 0 Å². The highest BCUT2D eigenvalue weighted by Gasteiger charge is 2.33. The van der Waals surface area contributed by atoms with Crippen LogP contribution in [0.2, 0.25) is 0 Å². The Morgan fingerprint density at radius 3 is 1.29 bits per heavy atom. The Hall–Kier alpha value is 0.560. The normalized spacial score (nSPS) is 25.6. The van der Waals surface area contributed by atoms with Crippen molar-refractivity contribution in [2.45, 2.75) is 177 Å². The maximum absolute atomic E-state index is 6.91. The minimum absolute atomic E-state index is 0.139. The molecule has 0 aliphatic heterocycles. The van der Waals surface area contributed by atoms with Gasteiger partial charge in [0.1, 0.15) is 0 Å². The summed E-state index contributed by atoms with van der Waals surface area (Å²) in [6.45, 7) is 4.62. The van der Waals surface area contributed by atoms with Crippen LogP contribution in [0.15, 0.2) is 11.6 Å². The quantitative estimate of drug-likeness (QED) is 0.225. The van der Waals surface area contributed by atoms with Gasteiger partial charge < -0.3 is 5.73 Å². The first kappa shape index (κ1) is 28.6. The van der Waals surface area contributed by atoms with E-state index in [0.29, 0.717) is 0 Å². The van der Waals surface area contributed by atoms with Crippen LogP contribution < -0.4 is 5.73 Å². The average molecular weight is 520 g/mol. The maximum Gasteiger partial charge on any atom is 0.0311 e. The number of hydrogen-bond donors (Lipinski definition) is 1. The van der Waals surface area contributed by atoms with Crippen molar-refractivity contribution in [1.29, 1.82) is 0 Å². The Kier molecular flexibility index (Phi) is 11.9. The van der Waals surface area contributed by atoms with Gasteiger partial charge in [0.25, 0.3) is 0 Å². The second kappa shape index (κ2) is 14.6. The summed E-state index contributed by atoms with van der Waals surface area (Å²) in [7, 11) is 0.328. The van der Waals surface area contributed by atoms with Crippen molar-refractivity contribution in [2.75, 3.05) is 12.3 Å². The fourth-order valence-electron chi connectivity index (χ4n) is 8.06. The van der Waals surface area contributed by atoms with Gasteiger partial charge in [-0.05, 0) is 107 Å². The van der Waals surface area contributed by atoms with Gasteiger partial charge >= 0.3 is 0 Å². The van der Waals surface area contributed by atoms with E-state index in [1.165, 1.54) is 121 Å². The minimum atomic E-state index is -0.139. The summed E-state index contributed by atoms with van der Waals surface area (Å²) in [5.41, 5.74) is 12.7. The van der Waals surface area contributed by atoms with Crippen LogP contribution >= 0.6 is 15.8 Å². The van der Waals surface area contributed by atoms with Gasteiger partial charge in [0.15, 0.2) is 0 Å². The Labute approximate surface area is 222 Å². The Morgan fingerprint density at radius 2 is 0.943 bits per heavy atom. The van der Waals surface area contributed by atoms with Gasteiger partial charge in [0, 0.05) is 5.54 Å². The molecule has 0 bridgehead atoms. The molecule has 4 aliphatic carbocycles. The first-order chi connectivity index (χ1) is 17.0. The van der Waals surface area contributed by atoms with Crippen molar-refractivity contribution in [1.82, 2.24) is 0 Å². The first-order valence-electron chi connectivity index (χ1n) is 16.0. The van der Waals surface area contributed by atoms with E-state index in [1.54, 1.807) is 31.3 Å². The van der Waals surface area contributed by atoms with Crippen LogP contribution in [-0.2, 0) is 0 Å². The molecule has 2 N–H and O–H groups in total. The van der Waals surface area contributed by atoms with Crippen LogP contribution in [0.25, 0.3) is 0 Å². The molecule has 3 heteroatoms. The molecule has 0 aromatic rings. The molecular weight excluding hydrogens is 460 g/mol. The van der Waals surface area contributed by atoms with E-state index in [1.807, 2.05) is 0 Å². The lowest BCUT2D eigenvalue weighted by Gasteiger charge is -2.40. The summed E-state index contributed by atoms with van der Waals surface area (Å²) >= 11 is 0. The van der Waals surface area contributed by atoms with Crippen molar-refractivity contribution in [2.24, 2.45) is 5.73 Å². The van der Waals surface area contributed by atoms with Crippen LogP contribution in [0.3, 0.4) is 0 Å². The van der Waals surface area contributed by atoms with Crippen molar-refractivity contribution >= 4 is 15.8 Å². The van der Waals surface area contributed by atoms with Gasteiger partial charge in [0.05, 0.1) is 0 Å². The zero-order valence-electron chi connectivity index (χ0n) is 23.6. The van der Waals surface area contributed by atoms with Gasteiger partial charge in [-0.15, -0.1) is 7.92 Å². The molecule has 0 aromatic heterocycles. The highest BCUT2D eigenvalue weighted by molar-refractivity contribution is 7.59. The van der Waals surface area contributed by atoms with Gasteiger partial charge in [-0.2, -0.15) is 0 Å². The molecule has 4 rings (SSSR count). The molecule has 35 heavy (non-hydrogen) atoms. The van der Waals surface area contributed by atoms with Crippen LogP contribution in [0.1, 0.15) is 149 Å². The zero-order valence-corrected chi connectivity index (χ0v) is 25.4. The van der Waals surface area contributed by atoms with Gasteiger partial charge in [-0.1, -0.05) is 96.6 Å². The number of hydrogen-bond acceptors (Lipinski definition) is 1. The van der Waals surface area contributed by atoms with Gasteiger partial charge in [0.2, 0.25) is 0 Å². The lowest BCUT2D eigenvalue weighted by Crippen LogP contribution is -2.35. The van der Waals surface area contributed by atoms with Crippen LogP contribution in [0, 0.1) is 0 Å². The fraction of sp³-hybridized carbons (Fsp3) is 0.938. The molecular formula is C32H59NP2. The molecule has 0 saturated heterocycles. The summed E-state index contributed by atoms with van der Waals surface area (Å²) in [5, 5.41) is 0. The summed E-state index contributed by atoms with van der Waals surface area (Å²) in [4.78, 5) is 0. The summed E-state index contributed by atoms with van der Waals surface area (Å²) in [6, 6.07) is 0. The molecule has 0 aromatic carbocycles. The monoisotopic (exact) mass is 519 g/mol. The topological polar surface area (TPSA) is 26.0 Å². The SMILES string of the molecule is CC(C)(N)C(=CCP(C1CCCCC1)C1CCCCC1)CCP(C1CCCCC1)C1CCCCC1. The molecule has 0 unspecified atom stereocenters. The van der Waals surface area contributed by atoms with Crippen molar-refractivity contribution in [3.8, 4) is 0 Å². The summed E-state index contributed by atoms with van der Waals surface area (Å²) < 4.78 is 0. The molecule has 0 spiro atoms. The van der Waals surface area contributed by atoms with E-state index < -0.39 is 0 Å². The summed E-state index contributed by atoms with van der Waals surface area (Å²) in [6.07, 6.45) is 37.3. The molecule has 202 valence electrons. The zero-order chi connectivity index (χ0) is 24.5. The minimum Gasteiger partial charge on any atom is -0.322 e. The van der Waals surface area contributed by atoms with Crippen molar-refractivity contribution < 1.29 is 0 Å². The van der Waals surface area contributed by atoms with Gasteiger partial charge in [-0.25, -0.2) is 0 Å². The average Bonchev–Trinajstić information content (AvgIpc) is 2.89. The number of nitrogens with two attached hydrogens (primary N) is 1. The largest absolute Gasteiger partial charge is 0.322 e. The predicted octanol–water partition coefficient (Wildman–Crippen LogP) is 10.3. The van der Waals surface area contributed by atoms with Gasteiger partial charge in [-0.3, -0.25) is 0 Å². The van der Waals surface area contributed by atoms with E-state index in [0.717, 1.165) is 22.6 Å². The van der Waals surface area contributed by atoms with E-state index in [2.05, 4.69) is 19.9 Å². The van der Waals surface area contributed by atoms with E-state index in [4.69, 9.17) is 5.73 Å². The second-order valence-electron chi connectivity index (χ2n) is 13.3. The molecule has 0 amide bonds. The summed E-state index contributed by atoms with van der Waals surface area (Å²) in [5.74, 6) is 0. The Balaban J connectivity index is 1.45. The maximum atomic E-state index is 6.91. The standard InChI is InChI=1S/C32H59NP2/c1-32(2,33)27(23-25-34(28-15-7-3-8-16-28)29-17-9-4-10-18-29)24-26-35(30-19-11-5-12-20-30)31-21-13-6-14-22-31/h23,28-31H,3-22,24-26,33H2,1-2H3. The van der Waals surface area contributed by atoms with Crippen molar-refractivity contribution in [3.05, 3.63) is 11.6 Å². The molecule has 0 atom stereocenters. The molecule has 1 nitrogen and oxygen atoms in total. The Morgan fingerprint density at radius 1 is 0.600 bits per heavy atom. The highest BCUT2D eigenvalue weighted by atomic mass is 31.1. The molecule has 4 fully saturated rings. The molecule has 4 aliphatic rings. The first-order valence-corrected chi connectivity index (χ1v) is 19.4. The van der Waals surface area contributed by atoms with E-state index in [-0.39, 0.29) is 21.4 Å². The highest BCUT2D eigenvalue weighted by Crippen LogP contribution is 2.58. The third-order valence-electron chi connectivity index (χ3n) is 10.2. The fourth-order valence-corrected chi connectivity index (χ4v) is 15.6.